The van der Waals surface area contributed by atoms with E-state index in [0.29, 0.717) is 0 Å². The molecular weight excluding hydrogens is 577 g/mol. The van der Waals surface area contributed by atoms with Crippen LogP contribution in [0.25, 0.3) is 0 Å². The van der Waals surface area contributed by atoms with Crippen molar-refractivity contribution in [3.63, 3.8) is 0 Å². The van der Waals surface area contributed by atoms with Gasteiger partial charge in [-0.3, -0.25) is 12.2 Å². The van der Waals surface area contributed by atoms with Gasteiger partial charge >= 0.3 is 26.2 Å². The van der Waals surface area contributed by atoms with Gasteiger partial charge in [0.2, 0.25) is 58.2 Å². The van der Waals surface area contributed by atoms with E-state index in [1.54, 1.807) is 0 Å². The second-order valence-electron chi connectivity index (χ2n) is 5.84. The predicted octanol–water partition coefficient (Wildman–Crippen LogP) is 6.78. The van der Waals surface area contributed by atoms with E-state index < -0.39 is 69.7 Å². The van der Waals surface area contributed by atoms with Crippen LogP contribution in [0.5, 0.6) is 11.5 Å². The second kappa shape index (κ2) is 15.2. The maximum absolute atomic E-state index is 12.2. The first kappa shape index (κ1) is 32.2. The van der Waals surface area contributed by atoms with Crippen molar-refractivity contribution in [2.45, 2.75) is 12.8 Å². The average molecular weight is 590 g/mol. The molecule has 2 aliphatic carbocycles. The molecule has 0 heterocycles. The summed E-state index contributed by atoms with van der Waals surface area (Å²) in [6.07, 6.45) is 20.0. The molecule has 2 nitrogen and oxygen atoms in total. The summed E-state index contributed by atoms with van der Waals surface area (Å²) in [7, 11) is 0. The Morgan fingerprint density at radius 1 is 0.457 bits per heavy atom. The van der Waals surface area contributed by atoms with Gasteiger partial charge in [-0.2, -0.15) is 29.7 Å². The van der Waals surface area contributed by atoms with Gasteiger partial charge in [-0.15, -0.1) is 12.8 Å². The van der Waals surface area contributed by atoms with Crippen molar-refractivity contribution in [3.8, 4) is 11.5 Å². The molecule has 0 spiro atoms. The van der Waals surface area contributed by atoms with Gasteiger partial charge in [0.1, 0.15) is 0 Å². The monoisotopic (exact) mass is 588 g/mol. The number of hydrogen-bond donors (Lipinski definition) is 2. The van der Waals surface area contributed by atoms with E-state index in [9.17, 15) is 43.9 Å². The molecular formula is C22H12F10O2Zr. The maximum atomic E-state index is 12.2. The Balaban J connectivity index is 0.000000468. The second-order valence-corrected chi connectivity index (χ2v) is 5.84. The van der Waals surface area contributed by atoms with Crippen molar-refractivity contribution in [3.05, 3.63) is 107 Å². The molecule has 0 aromatic heterocycles. The number of rotatable bonds is 0. The van der Waals surface area contributed by atoms with E-state index in [0.717, 1.165) is 12.8 Å². The summed E-state index contributed by atoms with van der Waals surface area (Å²) in [5.41, 5.74) is 0. The van der Waals surface area contributed by atoms with Crippen molar-refractivity contribution < 1.29 is 80.3 Å². The summed E-state index contributed by atoms with van der Waals surface area (Å²) in [6.45, 7) is 0. The summed E-state index contributed by atoms with van der Waals surface area (Å²) in [6, 6.07) is 0. The molecule has 0 atom stereocenters. The van der Waals surface area contributed by atoms with Gasteiger partial charge in [-0.1, -0.05) is 0 Å². The molecule has 2 aromatic carbocycles. The minimum atomic E-state index is -2.29. The van der Waals surface area contributed by atoms with Crippen molar-refractivity contribution in [2.75, 3.05) is 0 Å². The molecule has 35 heavy (non-hydrogen) atoms. The minimum Gasteiger partial charge on any atom is -0.503 e. The SMILES string of the molecule is Oc1c(F)c(F)c(F)c(F)c1F.Oc1c(F)c(F)c(F)c(F)c1F.[C-]1=CC=CC1.[C-]1=CC=CC1.[Zr+2]. The van der Waals surface area contributed by atoms with Gasteiger partial charge in [0.05, 0.1) is 0 Å². The molecule has 2 N–H and O–H groups in total. The van der Waals surface area contributed by atoms with Crippen LogP contribution in [0.4, 0.5) is 43.9 Å². The molecule has 4 rings (SSSR count). The fourth-order valence-corrected chi connectivity index (χ4v) is 1.87. The number of allylic oxidation sites excluding steroid dienone is 8. The Morgan fingerprint density at radius 3 is 0.829 bits per heavy atom. The molecule has 0 saturated heterocycles. The number of benzene rings is 2. The third kappa shape index (κ3) is 8.72. The number of aromatic hydroxyl groups is 2. The number of hydrogen-bond acceptors (Lipinski definition) is 2. The van der Waals surface area contributed by atoms with Crippen LogP contribution in [0.15, 0.2) is 36.5 Å². The van der Waals surface area contributed by atoms with Gasteiger partial charge < -0.3 is 10.2 Å². The zero-order valence-electron chi connectivity index (χ0n) is 17.1. The summed E-state index contributed by atoms with van der Waals surface area (Å²) in [4.78, 5) is 0. The van der Waals surface area contributed by atoms with E-state index in [2.05, 4.69) is 24.3 Å². The summed E-state index contributed by atoms with van der Waals surface area (Å²) < 4.78 is 121. The Hall–Kier alpha value is -2.82. The van der Waals surface area contributed by atoms with Crippen LogP contribution in [0.2, 0.25) is 0 Å². The van der Waals surface area contributed by atoms with E-state index in [1.165, 1.54) is 0 Å². The standard InChI is InChI=1S/2C6HF5O.2C5H5.Zr/c2*7-1-2(8)4(10)6(12)5(11)3(1)9;2*1-2-4-5-3-1;/h2*12H;2*1-3H,4H2;/q;;2*-1;+2. The van der Waals surface area contributed by atoms with E-state index >= 15 is 0 Å². The number of phenols is 2. The van der Waals surface area contributed by atoms with Crippen LogP contribution in [0, 0.1) is 70.3 Å². The van der Waals surface area contributed by atoms with Gasteiger partial charge in [-0.25, -0.2) is 50.6 Å². The normalized spacial score (nSPS) is 12.2. The van der Waals surface area contributed by atoms with E-state index in [1.807, 2.05) is 24.3 Å². The van der Waals surface area contributed by atoms with Crippen LogP contribution in [-0.4, -0.2) is 10.2 Å². The quantitative estimate of drug-likeness (QED) is 0.154. The average Bonchev–Trinajstić information content (AvgIpc) is 3.61. The van der Waals surface area contributed by atoms with Crippen LogP contribution in [0.1, 0.15) is 12.8 Å². The molecule has 2 aliphatic rings. The summed E-state index contributed by atoms with van der Waals surface area (Å²) in [5.74, 6) is -25.9. The van der Waals surface area contributed by atoms with Crippen LogP contribution in [0.3, 0.4) is 0 Å². The van der Waals surface area contributed by atoms with E-state index in [-0.39, 0.29) is 26.2 Å². The van der Waals surface area contributed by atoms with E-state index in [4.69, 9.17) is 10.2 Å². The van der Waals surface area contributed by atoms with Gasteiger partial charge in [0, 0.05) is 0 Å². The van der Waals surface area contributed by atoms with Crippen molar-refractivity contribution in [1.29, 1.82) is 0 Å². The molecule has 13 heteroatoms. The molecule has 0 unspecified atom stereocenters. The van der Waals surface area contributed by atoms with Crippen molar-refractivity contribution in [2.24, 2.45) is 0 Å². The minimum absolute atomic E-state index is 0. The maximum Gasteiger partial charge on any atom is 2.00 e. The first-order valence-corrected chi connectivity index (χ1v) is 8.77. The Kier molecular flexibility index (Phi) is 14.0. The van der Waals surface area contributed by atoms with Crippen LogP contribution in [-0.2, 0) is 26.2 Å². The fourth-order valence-electron chi connectivity index (χ4n) is 1.87. The fraction of sp³-hybridized carbons (Fsp3) is 0.0909. The Labute approximate surface area is 211 Å². The number of halogens is 10. The van der Waals surface area contributed by atoms with Crippen LogP contribution < -0.4 is 0 Å². The largest absolute Gasteiger partial charge is 2.00 e. The van der Waals surface area contributed by atoms with Gasteiger partial charge in [0.15, 0.2) is 11.5 Å². The topological polar surface area (TPSA) is 40.5 Å². The molecule has 186 valence electrons. The smallest absolute Gasteiger partial charge is 0.503 e. The molecule has 2 aromatic rings. The third-order valence-corrected chi connectivity index (χ3v) is 3.54. The molecule has 0 aliphatic heterocycles. The summed E-state index contributed by atoms with van der Waals surface area (Å²) in [5, 5.41) is 16.6. The van der Waals surface area contributed by atoms with Crippen LogP contribution >= 0.6 is 0 Å². The molecule has 0 bridgehead atoms. The molecule has 0 amide bonds. The number of phenolic OH excluding ortho intramolecular Hbond substituents is 2. The van der Waals surface area contributed by atoms with Crippen molar-refractivity contribution >= 4 is 0 Å². The van der Waals surface area contributed by atoms with Gasteiger partial charge in [0.25, 0.3) is 0 Å². The Morgan fingerprint density at radius 2 is 0.686 bits per heavy atom. The summed E-state index contributed by atoms with van der Waals surface area (Å²) >= 11 is 0. The molecule has 0 saturated carbocycles. The zero-order chi connectivity index (χ0) is 26.0. The first-order chi connectivity index (χ1) is 15.9. The first-order valence-electron chi connectivity index (χ1n) is 8.77. The zero-order valence-corrected chi connectivity index (χ0v) is 19.5. The van der Waals surface area contributed by atoms with Gasteiger partial charge in [-0.05, 0) is 0 Å². The molecule has 0 radical (unpaired) electrons. The van der Waals surface area contributed by atoms with Crippen molar-refractivity contribution in [1.82, 2.24) is 0 Å². The predicted molar refractivity (Wildman–Crippen MR) is 98.9 cm³/mol. The molecule has 0 fully saturated rings. The third-order valence-electron chi connectivity index (χ3n) is 3.54. The Bertz CT molecular complexity index is 825.